The molecule has 0 radical (unpaired) electrons. The lowest BCUT2D eigenvalue weighted by Gasteiger charge is -2.41. The molecule has 3 aromatic carbocycles. The summed E-state index contributed by atoms with van der Waals surface area (Å²) in [7, 11) is -1.74. The van der Waals surface area contributed by atoms with Gasteiger partial charge in [0, 0.05) is 61.2 Å². The number of hydrogen-bond donors (Lipinski definition) is 1. The largest absolute Gasteiger partial charge is 0.384 e. The van der Waals surface area contributed by atoms with Gasteiger partial charge in [-0.1, -0.05) is 41.4 Å². The van der Waals surface area contributed by atoms with E-state index < -0.39 is 39.0 Å². The zero-order valence-corrected chi connectivity index (χ0v) is 28.8. The fourth-order valence-electron chi connectivity index (χ4n) is 6.76. The molecular formula is C34H38Cl2FN3O6S. The van der Waals surface area contributed by atoms with Crippen LogP contribution >= 0.6 is 23.2 Å². The van der Waals surface area contributed by atoms with Crippen LogP contribution in [0.15, 0.2) is 59.5 Å². The standard InChI is InChI=1S/C34H38Cl2FN3O6S/c1-33(42,21-39-13-11-38(2)12-14-39)24-16-28-31(29(37)17-24)34(46-27-10-15-45-20-27,23-5-8-25(35)9-6-23)40(32(28)41)19-22-4-7-26(36)18-30(22)47(3,43)44/h4-9,16-18,27,42H,10-15,19-21H2,1-3H3/t27-,33?,34-/m1/s1. The van der Waals surface area contributed by atoms with E-state index in [4.69, 9.17) is 32.7 Å². The second kappa shape index (κ2) is 13.0. The van der Waals surface area contributed by atoms with Crippen molar-refractivity contribution in [1.82, 2.24) is 14.7 Å². The zero-order chi connectivity index (χ0) is 33.7. The van der Waals surface area contributed by atoms with E-state index in [1.807, 2.05) is 7.05 Å². The predicted molar refractivity (Wildman–Crippen MR) is 177 cm³/mol. The first-order valence-corrected chi connectivity index (χ1v) is 18.1. The van der Waals surface area contributed by atoms with Gasteiger partial charge in [0.2, 0.25) is 5.72 Å². The SMILES string of the molecule is CN1CCN(CC(C)(O)c2cc(F)c3c(c2)C(=O)N(Cc2ccc(Cl)cc2S(C)(=O)=O)[C@@]3(O[C@@H]2CCOC2)c2ccc(Cl)cc2)CC1. The van der Waals surface area contributed by atoms with Crippen LogP contribution in [0.25, 0.3) is 0 Å². The lowest BCUT2D eigenvalue weighted by Crippen LogP contribution is -2.49. The molecule has 2 saturated heterocycles. The molecule has 9 nitrogen and oxygen atoms in total. The van der Waals surface area contributed by atoms with E-state index in [-0.39, 0.29) is 51.9 Å². The molecule has 3 aliphatic heterocycles. The Morgan fingerprint density at radius 2 is 1.74 bits per heavy atom. The van der Waals surface area contributed by atoms with Crippen LogP contribution in [0.1, 0.15) is 46.0 Å². The Hall–Kier alpha value is -2.61. The number of halogens is 3. The maximum atomic E-state index is 16.9. The van der Waals surface area contributed by atoms with E-state index in [1.54, 1.807) is 43.3 Å². The van der Waals surface area contributed by atoms with Crippen molar-refractivity contribution in [2.75, 3.05) is 59.2 Å². The molecule has 3 atom stereocenters. The summed E-state index contributed by atoms with van der Waals surface area (Å²) in [6, 6.07) is 13.8. The van der Waals surface area contributed by atoms with Gasteiger partial charge in [0.1, 0.15) is 5.82 Å². The van der Waals surface area contributed by atoms with E-state index in [0.717, 1.165) is 32.4 Å². The van der Waals surface area contributed by atoms with Gasteiger partial charge in [0.25, 0.3) is 5.91 Å². The molecule has 1 unspecified atom stereocenters. The Balaban J connectivity index is 1.53. The van der Waals surface area contributed by atoms with Crippen LogP contribution in [-0.4, -0.2) is 99.5 Å². The maximum absolute atomic E-state index is 16.9. The molecular weight excluding hydrogens is 668 g/mol. The Morgan fingerprint density at radius 1 is 1.06 bits per heavy atom. The van der Waals surface area contributed by atoms with Crippen molar-refractivity contribution >= 4 is 38.9 Å². The number of aliphatic hydroxyl groups is 1. The summed E-state index contributed by atoms with van der Waals surface area (Å²) in [4.78, 5) is 20.3. The molecule has 0 saturated carbocycles. The van der Waals surface area contributed by atoms with Crippen LogP contribution in [0.5, 0.6) is 0 Å². The summed E-state index contributed by atoms with van der Waals surface area (Å²) in [6.07, 6.45) is 1.06. The molecule has 0 aliphatic carbocycles. The van der Waals surface area contributed by atoms with Gasteiger partial charge < -0.3 is 19.5 Å². The lowest BCUT2D eigenvalue weighted by atomic mass is 9.87. The number of benzene rings is 3. The van der Waals surface area contributed by atoms with Crippen LogP contribution in [0, 0.1) is 5.82 Å². The average molecular weight is 707 g/mol. The number of likely N-dealkylation sites (N-methyl/N-ethyl adjacent to an activating group) is 1. The van der Waals surface area contributed by atoms with Crippen molar-refractivity contribution in [1.29, 1.82) is 0 Å². The third kappa shape index (κ3) is 6.69. The van der Waals surface area contributed by atoms with Gasteiger partial charge in [-0.25, -0.2) is 12.8 Å². The van der Waals surface area contributed by atoms with E-state index in [2.05, 4.69) is 9.80 Å². The van der Waals surface area contributed by atoms with Gasteiger partial charge >= 0.3 is 0 Å². The number of piperazine rings is 1. The molecule has 0 aromatic heterocycles. The summed E-state index contributed by atoms with van der Waals surface area (Å²) in [5, 5.41) is 12.4. The van der Waals surface area contributed by atoms with Gasteiger partial charge in [-0.15, -0.1) is 0 Å². The monoisotopic (exact) mass is 705 g/mol. The smallest absolute Gasteiger partial charge is 0.257 e. The Morgan fingerprint density at radius 3 is 2.38 bits per heavy atom. The van der Waals surface area contributed by atoms with E-state index in [0.29, 0.717) is 23.6 Å². The minimum Gasteiger partial charge on any atom is -0.384 e. The third-order valence-electron chi connectivity index (χ3n) is 9.25. The van der Waals surface area contributed by atoms with Gasteiger partial charge in [-0.05, 0) is 67.9 Å². The molecule has 1 N–H and O–H groups in total. The zero-order valence-electron chi connectivity index (χ0n) is 26.5. The van der Waals surface area contributed by atoms with Gasteiger partial charge in [0.05, 0.1) is 40.9 Å². The van der Waals surface area contributed by atoms with Gasteiger partial charge in [-0.3, -0.25) is 14.6 Å². The second-order valence-corrected chi connectivity index (χ2v) is 15.8. The van der Waals surface area contributed by atoms with Crippen molar-refractivity contribution in [2.45, 2.75) is 42.2 Å². The van der Waals surface area contributed by atoms with E-state index >= 15 is 4.39 Å². The lowest BCUT2D eigenvalue weighted by molar-refractivity contribution is -0.148. The Bertz CT molecular complexity index is 1780. The van der Waals surface area contributed by atoms with Gasteiger partial charge in [-0.2, -0.15) is 0 Å². The number of rotatable bonds is 9. The predicted octanol–water partition coefficient (Wildman–Crippen LogP) is 4.65. The maximum Gasteiger partial charge on any atom is 0.257 e. The fourth-order valence-corrected chi connectivity index (χ4v) is 8.07. The number of hydrogen-bond acceptors (Lipinski definition) is 8. The van der Waals surface area contributed by atoms with Crippen LogP contribution in [-0.2, 0) is 37.2 Å². The third-order valence-corrected chi connectivity index (χ3v) is 10.9. The number of amides is 1. The molecule has 1 amide bonds. The minimum absolute atomic E-state index is 0.0161. The summed E-state index contributed by atoms with van der Waals surface area (Å²) >= 11 is 12.5. The normalized spacial score (nSPS) is 23.7. The molecule has 0 spiro atoms. The molecule has 13 heteroatoms. The topological polar surface area (TPSA) is 99.6 Å². The summed E-state index contributed by atoms with van der Waals surface area (Å²) in [5.41, 5.74) is -2.36. The fraction of sp³-hybridized carbons (Fsp3) is 0.441. The van der Waals surface area contributed by atoms with Crippen molar-refractivity contribution < 1.29 is 32.2 Å². The van der Waals surface area contributed by atoms with Crippen LogP contribution < -0.4 is 0 Å². The first-order chi connectivity index (χ1) is 22.2. The molecule has 2 fully saturated rings. The van der Waals surface area contributed by atoms with Crippen molar-refractivity contribution in [3.8, 4) is 0 Å². The highest BCUT2D eigenvalue weighted by Crippen LogP contribution is 2.50. The highest BCUT2D eigenvalue weighted by atomic mass is 35.5. The Kier molecular flexibility index (Phi) is 9.49. The molecule has 0 bridgehead atoms. The number of β-amino-alcohol motifs (C(OH)–C–C–N with tert-alkyl or cyclic N) is 1. The first kappa shape index (κ1) is 34.3. The van der Waals surface area contributed by atoms with E-state index in [9.17, 15) is 18.3 Å². The number of sulfone groups is 1. The van der Waals surface area contributed by atoms with Crippen molar-refractivity contribution in [3.63, 3.8) is 0 Å². The average Bonchev–Trinajstić information content (AvgIpc) is 3.60. The number of nitrogens with zero attached hydrogens (tertiary/aromatic N) is 3. The molecule has 6 rings (SSSR count). The quantitative estimate of drug-likeness (QED) is 0.344. The van der Waals surface area contributed by atoms with Gasteiger partial charge in [0.15, 0.2) is 9.84 Å². The van der Waals surface area contributed by atoms with Crippen molar-refractivity contribution in [2.24, 2.45) is 0 Å². The molecule has 3 aromatic rings. The Labute approximate surface area is 284 Å². The minimum atomic E-state index is -3.78. The number of fused-ring (bicyclic) bond motifs is 1. The van der Waals surface area contributed by atoms with Crippen LogP contribution in [0.4, 0.5) is 4.39 Å². The highest BCUT2D eigenvalue weighted by Gasteiger charge is 2.56. The van der Waals surface area contributed by atoms with Crippen LogP contribution in [0.3, 0.4) is 0 Å². The molecule has 47 heavy (non-hydrogen) atoms. The number of carbonyl (C=O) groups excluding carboxylic acids is 1. The first-order valence-electron chi connectivity index (χ1n) is 15.5. The molecule has 252 valence electrons. The number of ether oxygens (including phenoxy) is 2. The highest BCUT2D eigenvalue weighted by molar-refractivity contribution is 7.90. The molecule has 3 aliphatic rings. The number of carbonyl (C=O) groups is 1. The summed E-state index contributed by atoms with van der Waals surface area (Å²) in [6.45, 7) is 5.43. The molecule has 3 heterocycles. The van der Waals surface area contributed by atoms with E-state index in [1.165, 1.54) is 23.1 Å². The summed E-state index contributed by atoms with van der Waals surface area (Å²) in [5.74, 6) is -1.32. The van der Waals surface area contributed by atoms with Crippen LogP contribution in [0.2, 0.25) is 10.0 Å². The van der Waals surface area contributed by atoms with Crippen molar-refractivity contribution in [3.05, 3.63) is 98.3 Å². The second-order valence-electron chi connectivity index (χ2n) is 12.9. The summed E-state index contributed by atoms with van der Waals surface area (Å²) < 4.78 is 55.1.